The van der Waals surface area contributed by atoms with Crippen LogP contribution in [-0.2, 0) is 6.54 Å². The van der Waals surface area contributed by atoms with Crippen LogP contribution >= 0.6 is 0 Å². The molecule has 5 heteroatoms. The number of hydrogen-bond donors (Lipinski definition) is 2. The molecular weight excluding hydrogens is 204 g/mol. The summed E-state index contributed by atoms with van der Waals surface area (Å²) in [5.41, 5.74) is 12.9. The summed E-state index contributed by atoms with van der Waals surface area (Å²) in [4.78, 5) is 15.2. The Labute approximate surface area is 93.1 Å². The van der Waals surface area contributed by atoms with Crippen molar-refractivity contribution in [2.24, 2.45) is 11.5 Å². The van der Waals surface area contributed by atoms with Crippen molar-refractivity contribution in [3.63, 3.8) is 0 Å². The number of fused-ring (bicyclic) bond motifs is 1. The molecule has 2 aromatic rings. The lowest BCUT2D eigenvalue weighted by atomic mass is 10.2. The van der Waals surface area contributed by atoms with Crippen molar-refractivity contribution >= 4 is 16.9 Å². The van der Waals surface area contributed by atoms with Gasteiger partial charge in [-0.3, -0.25) is 4.79 Å². The summed E-state index contributed by atoms with van der Waals surface area (Å²) >= 11 is 0. The first-order valence-corrected chi connectivity index (χ1v) is 5.17. The summed E-state index contributed by atoms with van der Waals surface area (Å²) in [6, 6.07) is 5.28. The summed E-state index contributed by atoms with van der Waals surface area (Å²) in [6.45, 7) is 1.49. The lowest BCUT2D eigenvalue weighted by Gasteiger charge is -2.02. The highest BCUT2D eigenvalue weighted by molar-refractivity contribution is 5.96. The summed E-state index contributed by atoms with van der Waals surface area (Å²) < 4.78 is 2.02. The Hall–Kier alpha value is -1.88. The van der Waals surface area contributed by atoms with Crippen molar-refractivity contribution in [2.75, 3.05) is 6.54 Å². The van der Waals surface area contributed by atoms with E-state index in [0.717, 1.165) is 24.0 Å². The molecule has 0 radical (unpaired) electrons. The summed E-state index contributed by atoms with van der Waals surface area (Å²) in [5.74, 6) is -0.432. The van der Waals surface area contributed by atoms with Crippen molar-refractivity contribution in [3.05, 3.63) is 30.1 Å². The molecule has 0 fully saturated rings. The molecule has 1 amide bonds. The normalized spacial score (nSPS) is 10.8. The van der Waals surface area contributed by atoms with Crippen LogP contribution in [0.1, 0.15) is 16.8 Å². The van der Waals surface area contributed by atoms with E-state index in [-0.39, 0.29) is 0 Å². The topological polar surface area (TPSA) is 86.9 Å². The van der Waals surface area contributed by atoms with Gasteiger partial charge in [0.2, 0.25) is 5.91 Å². The van der Waals surface area contributed by atoms with Crippen molar-refractivity contribution < 1.29 is 4.79 Å². The highest BCUT2D eigenvalue weighted by atomic mass is 16.1. The third-order valence-corrected chi connectivity index (χ3v) is 2.51. The number of nitrogens with zero attached hydrogens (tertiary/aromatic N) is 2. The lowest BCUT2D eigenvalue weighted by molar-refractivity contribution is 0.100. The first-order valence-electron chi connectivity index (χ1n) is 5.17. The van der Waals surface area contributed by atoms with Crippen LogP contribution in [0.3, 0.4) is 0 Å². The van der Waals surface area contributed by atoms with E-state index in [0.29, 0.717) is 12.1 Å². The standard InChI is InChI=1S/C11H14N4O/c12-4-1-5-15-7-14-9-6-8(11(13)16)2-3-10(9)15/h2-3,6-7H,1,4-5,12H2,(H2,13,16). The van der Waals surface area contributed by atoms with Gasteiger partial charge in [0, 0.05) is 12.1 Å². The van der Waals surface area contributed by atoms with E-state index in [1.54, 1.807) is 18.5 Å². The quantitative estimate of drug-likeness (QED) is 0.782. The van der Waals surface area contributed by atoms with E-state index < -0.39 is 5.91 Å². The van der Waals surface area contributed by atoms with Crippen LogP contribution in [0.2, 0.25) is 0 Å². The molecule has 0 aliphatic heterocycles. The maximum atomic E-state index is 11.0. The van der Waals surface area contributed by atoms with Crippen molar-refractivity contribution in [3.8, 4) is 0 Å². The smallest absolute Gasteiger partial charge is 0.248 e. The number of carbonyl (C=O) groups excluding carboxylic acids is 1. The van der Waals surface area contributed by atoms with Gasteiger partial charge in [-0.05, 0) is 31.2 Å². The largest absolute Gasteiger partial charge is 0.366 e. The number of imidazole rings is 1. The van der Waals surface area contributed by atoms with Crippen LogP contribution in [0.15, 0.2) is 24.5 Å². The van der Waals surface area contributed by atoms with Crippen LogP contribution in [0, 0.1) is 0 Å². The highest BCUT2D eigenvalue weighted by Gasteiger charge is 2.05. The van der Waals surface area contributed by atoms with Gasteiger partial charge in [-0.25, -0.2) is 4.98 Å². The van der Waals surface area contributed by atoms with E-state index in [1.807, 2.05) is 10.6 Å². The molecule has 2 rings (SSSR count). The van der Waals surface area contributed by atoms with Crippen LogP contribution < -0.4 is 11.5 Å². The Bertz CT molecular complexity index is 518. The number of nitrogens with two attached hydrogens (primary N) is 2. The molecule has 0 bridgehead atoms. The molecule has 0 atom stereocenters. The van der Waals surface area contributed by atoms with Gasteiger partial charge in [-0.15, -0.1) is 0 Å². The Balaban J connectivity index is 2.38. The predicted molar refractivity (Wildman–Crippen MR) is 61.9 cm³/mol. The molecule has 1 aromatic heterocycles. The minimum absolute atomic E-state index is 0.432. The van der Waals surface area contributed by atoms with Crippen LogP contribution in [0.25, 0.3) is 11.0 Å². The number of amides is 1. The van der Waals surface area contributed by atoms with Crippen molar-refractivity contribution in [2.45, 2.75) is 13.0 Å². The lowest BCUT2D eigenvalue weighted by Crippen LogP contribution is -2.10. The van der Waals surface area contributed by atoms with Gasteiger partial charge in [0.1, 0.15) is 0 Å². The molecule has 5 nitrogen and oxygen atoms in total. The van der Waals surface area contributed by atoms with Gasteiger partial charge in [0.05, 0.1) is 17.4 Å². The average Bonchev–Trinajstić information content (AvgIpc) is 2.68. The maximum Gasteiger partial charge on any atom is 0.248 e. The summed E-state index contributed by atoms with van der Waals surface area (Å²) in [5, 5.41) is 0. The molecule has 0 saturated heterocycles. The monoisotopic (exact) mass is 218 g/mol. The predicted octanol–water partition coefficient (Wildman–Crippen LogP) is 0.484. The Morgan fingerprint density at radius 1 is 1.44 bits per heavy atom. The fourth-order valence-corrected chi connectivity index (χ4v) is 1.66. The first kappa shape index (κ1) is 10.6. The molecular formula is C11H14N4O. The average molecular weight is 218 g/mol. The second-order valence-corrected chi connectivity index (χ2v) is 3.65. The van der Waals surface area contributed by atoms with E-state index in [4.69, 9.17) is 11.5 Å². The molecule has 84 valence electrons. The van der Waals surface area contributed by atoms with E-state index >= 15 is 0 Å². The first-order chi connectivity index (χ1) is 7.72. The highest BCUT2D eigenvalue weighted by Crippen LogP contribution is 2.14. The van der Waals surface area contributed by atoms with E-state index in [2.05, 4.69) is 4.98 Å². The zero-order valence-electron chi connectivity index (χ0n) is 8.89. The molecule has 1 heterocycles. The minimum atomic E-state index is -0.432. The fraction of sp³-hybridized carbons (Fsp3) is 0.273. The number of hydrogen-bond acceptors (Lipinski definition) is 3. The minimum Gasteiger partial charge on any atom is -0.366 e. The Morgan fingerprint density at radius 2 is 2.25 bits per heavy atom. The SMILES string of the molecule is NCCCn1cnc2cc(C(N)=O)ccc21. The van der Waals surface area contributed by atoms with Crippen LogP contribution in [0.4, 0.5) is 0 Å². The molecule has 0 spiro atoms. The number of carbonyl (C=O) groups is 1. The van der Waals surface area contributed by atoms with Crippen LogP contribution in [-0.4, -0.2) is 22.0 Å². The van der Waals surface area contributed by atoms with Gasteiger partial charge in [0.15, 0.2) is 0 Å². The number of primary amides is 1. The van der Waals surface area contributed by atoms with Gasteiger partial charge in [-0.1, -0.05) is 0 Å². The molecule has 1 aromatic carbocycles. The summed E-state index contributed by atoms with van der Waals surface area (Å²) in [6.07, 6.45) is 2.66. The number of aryl methyl sites for hydroxylation is 1. The number of aromatic nitrogens is 2. The Kier molecular flexibility index (Phi) is 2.87. The van der Waals surface area contributed by atoms with Crippen LogP contribution in [0.5, 0.6) is 0 Å². The molecule has 0 aliphatic carbocycles. The second kappa shape index (κ2) is 4.32. The molecule has 0 unspecified atom stereocenters. The third kappa shape index (κ3) is 1.90. The third-order valence-electron chi connectivity index (χ3n) is 2.51. The van der Waals surface area contributed by atoms with Gasteiger partial charge < -0.3 is 16.0 Å². The Morgan fingerprint density at radius 3 is 2.94 bits per heavy atom. The molecule has 4 N–H and O–H groups in total. The fourth-order valence-electron chi connectivity index (χ4n) is 1.66. The van der Waals surface area contributed by atoms with E-state index in [9.17, 15) is 4.79 Å². The number of benzene rings is 1. The molecule has 0 saturated carbocycles. The van der Waals surface area contributed by atoms with Gasteiger partial charge in [-0.2, -0.15) is 0 Å². The second-order valence-electron chi connectivity index (χ2n) is 3.65. The van der Waals surface area contributed by atoms with Gasteiger partial charge in [0.25, 0.3) is 0 Å². The van der Waals surface area contributed by atoms with Crippen molar-refractivity contribution in [1.82, 2.24) is 9.55 Å². The van der Waals surface area contributed by atoms with Crippen molar-refractivity contribution in [1.29, 1.82) is 0 Å². The van der Waals surface area contributed by atoms with Gasteiger partial charge >= 0.3 is 0 Å². The maximum absolute atomic E-state index is 11.0. The zero-order valence-corrected chi connectivity index (χ0v) is 8.89. The number of rotatable bonds is 4. The van der Waals surface area contributed by atoms with E-state index in [1.165, 1.54) is 0 Å². The molecule has 0 aliphatic rings. The molecule has 16 heavy (non-hydrogen) atoms. The summed E-state index contributed by atoms with van der Waals surface area (Å²) in [7, 11) is 0. The zero-order chi connectivity index (χ0) is 11.5.